The Balaban J connectivity index is 1.69. The van der Waals surface area contributed by atoms with E-state index in [1.807, 2.05) is 48.5 Å². The minimum absolute atomic E-state index is 0.127. The summed E-state index contributed by atoms with van der Waals surface area (Å²) in [4.78, 5) is 2.95. The maximum absolute atomic E-state index is 12.4. The summed E-state index contributed by atoms with van der Waals surface area (Å²) in [7, 11) is 1.93. The third-order valence-electron chi connectivity index (χ3n) is 4.52. The van der Waals surface area contributed by atoms with E-state index in [1.54, 1.807) is 13.8 Å². The molecule has 5 nitrogen and oxygen atoms in total. The molecule has 0 bridgehead atoms. The van der Waals surface area contributed by atoms with Crippen LogP contribution in [0.25, 0.3) is 10.8 Å². The van der Waals surface area contributed by atoms with Crippen molar-refractivity contribution in [1.82, 2.24) is 15.1 Å². The van der Waals surface area contributed by atoms with Crippen molar-refractivity contribution in [1.29, 1.82) is 0 Å². The number of alkyl halides is 3. The first-order valence-electron chi connectivity index (χ1n) is 9.01. The van der Waals surface area contributed by atoms with Crippen LogP contribution in [-0.4, -0.2) is 34.9 Å². The molecule has 0 saturated heterocycles. The van der Waals surface area contributed by atoms with Gasteiger partial charge in [-0.25, -0.2) is 0 Å². The molecule has 0 saturated carbocycles. The lowest BCUT2D eigenvalue weighted by atomic mass is 10.0. The average Bonchev–Trinajstić information content (AvgIpc) is 3.30. The van der Waals surface area contributed by atoms with Gasteiger partial charge in [0.1, 0.15) is 5.75 Å². The molecule has 1 atom stereocenters. The van der Waals surface area contributed by atoms with Crippen molar-refractivity contribution < 1.29 is 22.3 Å². The van der Waals surface area contributed by atoms with E-state index >= 15 is 0 Å². The van der Waals surface area contributed by atoms with E-state index < -0.39 is 12.8 Å². The third kappa shape index (κ3) is 5.36. The molecule has 2 aromatic heterocycles. The molecule has 0 aliphatic heterocycles. The highest BCUT2D eigenvalue weighted by atomic mass is 32.1. The molecule has 29 heavy (non-hydrogen) atoms. The van der Waals surface area contributed by atoms with Crippen LogP contribution in [0.3, 0.4) is 0 Å². The van der Waals surface area contributed by atoms with Gasteiger partial charge in [0.25, 0.3) is 5.89 Å². The number of rotatable bonds is 7. The van der Waals surface area contributed by atoms with Gasteiger partial charge in [0, 0.05) is 6.54 Å². The first-order chi connectivity index (χ1) is 13.6. The van der Waals surface area contributed by atoms with E-state index in [0.29, 0.717) is 29.5 Å². The van der Waals surface area contributed by atoms with E-state index in [1.165, 1.54) is 11.3 Å². The predicted octanol–water partition coefficient (Wildman–Crippen LogP) is 5.55. The topological polar surface area (TPSA) is 51.4 Å². The van der Waals surface area contributed by atoms with Gasteiger partial charge in [-0.1, -0.05) is 18.2 Å². The Morgan fingerprint density at radius 3 is 2.48 bits per heavy atom. The number of aryl methyl sites for hydroxylation is 2. The summed E-state index contributed by atoms with van der Waals surface area (Å²) in [5.41, 5.74) is 2.30. The molecular weight excluding hydrogens is 403 g/mol. The molecule has 0 spiro atoms. The Hall–Kier alpha value is -2.39. The molecule has 1 aromatic carbocycles. The number of hydrogen-bond acceptors (Lipinski definition) is 6. The first-order valence-corrected chi connectivity index (χ1v) is 9.89. The number of aromatic nitrogens is 2. The van der Waals surface area contributed by atoms with Crippen molar-refractivity contribution in [2.75, 3.05) is 13.7 Å². The minimum Gasteiger partial charge on any atom is -0.484 e. The van der Waals surface area contributed by atoms with Crippen LogP contribution in [-0.2, 0) is 6.54 Å². The summed E-state index contributed by atoms with van der Waals surface area (Å²) in [6.07, 6.45) is -4.36. The Morgan fingerprint density at radius 1 is 1.21 bits per heavy atom. The van der Waals surface area contributed by atoms with Gasteiger partial charge >= 0.3 is 6.18 Å². The number of thiophene rings is 1. The van der Waals surface area contributed by atoms with Gasteiger partial charge in [0.2, 0.25) is 5.89 Å². The quantitative estimate of drug-likeness (QED) is 0.497. The van der Waals surface area contributed by atoms with Crippen LogP contribution in [0.5, 0.6) is 5.75 Å². The normalized spacial score (nSPS) is 13.1. The molecule has 3 rings (SSSR count). The fraction of sp³-hybridized carbons (Fsp3) is 0.400. The second-order valence-corrected chi connectivity index (χ2v) is 7.92. The highest BCUT2D eigenvalue weighted by Gasteiger charge is 2.29. The van der Waals surface area contributed by atoms with Crippen LogP contribution in [0.15, 0.2) is 34.1 Å². The Labute approximate surface area is 171 Å². The van der Waals surface area contributed by atoms with Crippen LogP contribution >= 0.6 is 11.3 Å². The number of hydrogen-bond donors (Lipinski definition) is 0. The molecule has 0 fully saturated rings. The number of nitrogens with zero attached hydrogens (tertiary/aromatic N) is 3. The van der Waals surface area contributed by atoms with Gasteiger partial charge in [-0.15, -0.1) is 21.5 Å². The molecule has 0 N–H and O–H groups in total. The van der Waals surface area contributed by atoms with E-state index in [9.17, 15) is 13.2 Å². The van der Waals surface area contributed by atoms with E-state index in [0.717, 1.165) is 10.4 Å². The molecule has 0 aliphatic rings. The highest BCUT2D eigenvalue weighted by Crippen LogP contribution is 2.30. The lowest BCUT2D eigenvalue weighted by Gasteiger charge is -2.23. The fourth-order valence-corrected chi connectivity index (χ4v) is 3.67. The Morgan fingerprint density at radius 2 is 1.90 bits per heavy atom. The van der Waals surface area contributed by atoms with Crippen LogP contribution in [0.1, 0.15) is 35.5 Å². The Kier molecular flexibility index (Phi) is 6.28. The summed E-state index contributed by atoms with van der Waals surface area (Å²) in [5, 5.41) is 10.2. The monoisotopic (exact) mass is 425 g/mol. The molecule has 0 radical (unpaired) electrons. The van der Waals surface area contributed by atoms with Gasteiger partial charge < -0.3 is 9.15 Å². The average molecular weight is 425 g/mol. The fourth-order valence-electron chi connectivity index (χ4n) is 3.03. The zero-order valence-electron chi connectivity index (χ0n) is 16.6. The smallest absolute Gasteiger partial charge is 0.422 e. The second kappa shape index (κ2) is 8.54. The highest BCUT2D eigenvalue weighted by molar-refractivity contribution is 7.13. The van der Waals surface area contributed by atoms with Crippen molar-refractivity contribution in [2.24, 2.45) is 0 Å². The largest absolute Gasteiger partial charge is 0.484 e. The van der Waals surface area contributed by atoms with E-state index in [-0.39, 0.29) is 11.8 Å². The van der Waals surface area contributed by atoms with Crippen molar-refractivity contribution >= 4 is 11.3 Å². The summed E-state index contributed by atoms with van der Waals surface area (Å²) in [6, 6.07) is 7.40. The molecular formula is C20H22F3N3O2S. The van der Waals surface area contributed by atoms with Crippen molar-refractivity contribution in [3.8, 4) is 16.5 Å². The van der Waals surface area contributed by atoms with Gasteiger partial charge in [-0.3, -0.25) is 4.90 Å². The molecule has 1 unspecified atom stereocenters. The number of ether oxygens (including phenoxy) is 1. The molecule has 156 valence electrons. The standard InChI is InChI=1S/C20H22F3N3O2S/c1-12-8-15(9-13(2)17(12)27-11-20(21,22)23)10-26(4)14(3)18-24-25-19(28-18)16-6-5-7-29-16/h5-9,14H,10-11H2,1-4H3. The van der Waals surface area contributed by atoms with Crippen LogP contribution in [0.2, 0.25) is 0 Å². The van der Waals surface area contributed by atoms with E-state index in [4.69, 9.17) is 9.15 Å². The third-order valence-corrected chi connectivity index (χ3v) is 5.38. The zero-order valence-corrected chi connectivity index (χ0v) is 17.4. The van der Waals surface area contributed by atoms with Crippen LogP contribution < -0.4 is 4.74 Å². The molecule has 3 aromatic rings. The maximum atomic E-state index is 12.4. The summed E-state index contributed by atoms with van der Waals surface area (Å²) in [6.45, 7) is 4.73. The minimum atomic E-state index is -4.36. The lowest BCUT2D eigenvalue weighted by molar-refractivity contribution is -0.153. The van der Waals surface area contributed by atoms with Crippen molar-refractivity contribution in [3.05, 3.63) is 52.2 Å². The molecule has 9 heteroatoms. The van der Waals surface area contributed by atoms with Gasteiger partial charge in [-0.05, 0) is 56.0 Å². The van der Waals surface area contributed by atoms with Crippen LogP contribution in [0, 0.1) is 13.8 Å². The number of halogens is 3. The summed E-state index contributed by atoms with van der Waals surface area (Å²) < 4.78 is 48.1. The molecule has 0 aliphatic carbocycles. The predicted molar refractivity (Wildman–Crippen MR) is 105 cm³/mol. The van der Waals surface area contributed by atoms with Gasteiger partial charge in [0.05, 0.1) is 10.9 Å². The molecule has 2 heterocycles. The molecule has 0 amide bonds. The summed E-state index contributed by atoms with van der Waals surface area (Å²) >= 11 is 1.53. The van der Waals surface area contributed by atoms with Crippen molar-refractivity contribution in [2.45, 2.75) is 39.5 Å². The lowest BCUT2D eigenvalue weighted by Crippen LogP contribution is -2.22. The second-order valence-electron chi connectivity index (χ2n) is 6.98. The summed E-state index contributed by atoms with van der Waals surface area (Å²) in [5.74, 6) is 1.28. The Bertz CT molecular complexity index is 931. The van der Waals surface area contributed by atoms with Crippen molar-refractivity contribution in [3.63, 3.8) is 0 Å². The first kappa shape index (κ1) is 21.3. The van der Waals surface area contributed by atoms with Gasteiger partial charge in [0.15, 0.2) is 6.61 Å². The number of benzene rings is 1. The van der Waals surface area contributed by atoms with Crippen LogP contribution in [0.4, 0.5) is 13.2 Å². The van der Waals surface area contributed by atoms with Gasteiger partial charge in [-0.2, -0.15) is 13.2 Å². The SMILES string of the molecule is Cc1cc(CN(C)C(C)c2nnc(-c3cccs3)o2)cc(C)c1OCC(F)(F)F. The van der Waals surface area contributed by atoms with E-state index in [2.05, 4.69) is 10.2 Å². The maximum Gasteiger partial charge on any atom is 0.422 e. The zero-order chi connectivity index (χ0) is 21.2.